The van der Waals surface area contributed by atoms with Gasteiger partial charge in [0.05, 0.1) is 12.2 Å². The van der Waals surface area contributed by atoms with Gasteiger partial charge in [0.15, 0.2) is 0 Å². The van der Waals surface area contributed by atoms with Crippen molar-refractivity contribution >= 4 is 0 Å². The van der Waals surface area contributed by atoms with Gasteiger partial charge in [0.25, 0.3) is 0 Å². The Balaban J connectivity index is 1.51. The molecule has 0 amide bonds. The largest absolute Gasteiger partial charge is 0.390 e. The van der Waals surface area contributed by atoms with Crippen LogP contribution in [0, 0.1) is 58.2 Å². The van der Waals surface area contributed by atoms with Crippen LogP contribution in [0.4, 0.5) is 0 Å². The molecule has 0 heterocycles. The van der Waals surface area contributed by atoms with Crippen LogP contribution in [0.2, 0.25) is 0 Å². The Morgan fingerprint density at radius 1 is 0.900 bits per heavy atom. The summed E-state index contributed by atoms with van der Waals surface area (Å²) >= 11 is 0. The molecule has 0 radical (unpaired) electrons. The van der Waals surface area contributed by atoms with Crippen molar-refractivity contribution < 1.29 is 10.2 Å². The summed E-state index contributed by atoms with van der Waals surface area (Å²) in [6.07, 6.45) is 12.3. The average molecular weight is 419 g/mol. The van der Waals surface area contributed by atoms with E-state index in [0.29, 0.717) is 11.3 Å². The van der Waals surface area contributed by atoms with E-state index in [-0.39, 0.29) is 11.3 Å². The van der Waals surface area contributed by atoms with Gasteiger partial charge >= 0.3 is 0 Å². The Bertz CT molecular complexity index is 597. The number of aliphatic hydroxyl groups is 2. The Kier molecular flexibility index (Phi) is 6.44. The SMILES string of the molecule is CC(C)CCCC(C)[C@H]1CC[C@H]2[C@@H]3CCC4C[C@@H](O)[C@@H](O)[C@H](C)[C@]4(C)[C@H]3CC[C@]12C. The van der Waals surface area contributed by atoms with Crippen LogP contribution in [0.5, 0.6) is 0 Å². The fourth-order valence-corrected chi connectivity index (χ4v) is 9.71. The number of aliphatic hydroxyl groups excluding tert-OH is 2. The third-order valence-corrected chi connectivity index (χ3v) is 11.6. The molecule has 174 valence electrons. The second kappa shape index (κ2) is 8.36. The molecule has 0 aromatic heterocycles. The van der Waals surface area contributed by atoms with Gasteiger partial charge in [-0.25, -0.2) is 0 Å². The van der Waals surface area contributed by atoms with Gasteiger partial charge in [0.1, 0.15) is 0 Å². The summed E-state index contributed by atoms with van der Waals surface area (Å²) in [5, 5.41) is 21.2. The van der Waals surface area contributed by atoms with E-state index in [1.54, 1.807) is 0 Å². The van der Waals surface area contributed by atoms with Gasteiger partial charge in [-0.1, -0.05) is 60.8 Å². The van der Waals surface area contributed by atoms with Crippen molar-refractivity contribution in [2.24, 2.45) is 58.2 Å². The molecule has 4 aliphatic rings. The van der Waals surface area contributed by atoms with Crippen LogP contribution in [0.25, 0.3) is 0 Å². The van der Waals surface area contributed by atoms with Crippen molar-refractivity contribution in [2.75, 3.05) is 0 Å². The molecular weight excluding hydrogens is 368 g/mol. The molecule has 11 atom stereocenters. The third kappa shape index (κ3) is 3.51. The zero-order valence-corrected chi connectivity index (χ0v) is 20.7. The molecule has 0 aromatic carbocycles. The van der Waals surface area contributed by atoms with Crippen LogP contribution in [0.3, 0.4) is 0 Å². The molecule has 30 heavy (non-hydrogen) atoms. The molecule has 0 spiro atoms. The minimum atomic E-state index is -0.532. The van der Waals surface area contributed by atoms with Crippen LogP contribution >= 0.6 is 0 Å². The lowest BCUT2D eigenvalue weighted by molar-refractivity contribution is -0.192. The van der Waals surface area contributed by atoms with Crippen LogP contribution in [-0.2, 0) is 0 Å². The van der Waals surface area contributed by atoms with Crippen molar-refractivity contribution in [3.05, 3.63) is 0 Å². The lowest BCUT2D eigenvalue weighted by Gasteiger charge is -2.64. The molecule has 4 saturated carbocycles. The Morgan fingerprint density at radius 3 is 2.33 bits per heavy atom. The molecular formula is C28H50O2. The minimum absolute atomic E-state index is 0.212. The molecule has 2 nitrogen and oxygen atoms in total. The predicted octanol–water partition coefficient (Wildman–Crippen LogP) is 6.69. The molecule has 0 aliphatic heterocycles. The molecule has 4 rings (SSSR count). The topological polar surface area (TPSA) is 40.5 Å². The second-order valence-electron chi connectivity index (χ2n) is 13.1. The van der Waals surface area contributed by atoms with Crippen LogP contribution < -0.4 is 0 Å². The van der Waals surface area contributed by atoms with Gasteiger partial charge < -0.3 is 10.2 Å². The molecule has 2 unspecified atom stereocenters. The first-order valence-corrected chi connectivity index (χ1v) is 13.5. The summed E-state index contributed by atoms with van der Waals surface area (Å²) < 4.78 is 0. The van der Waals surface area contributed by atoms with E-state index >= 15 is 0 Å². The zero-order chi connectivity index (χ0) is 21.8. The summed E-state index contributed by atoms with van der Waals surface area (Å²) in [5.41, 5.74) is 0.751. The van der Waals surface area contributed by atoms with Gasteiger partial charge in [0, 0.05) is 0 Å². The Hall–Kier alpha value is -0.0800. The van der Waals surface area contributed by atoms with E-state index in [2.05, 4.69) is 41.5 Å². The highest BCUT2D eigenvalue weighted by Crippen LogP contribution is 2.69. The summed E-state index contributed by atoms with van der Waals surface area (Å²) in [5.74, 6) is 5.93. The van der Waals surface area contributed by atoms with E-state index in [1.165, 1.54) is 57.8 Å². The average Bonchev–Trinajstić information content (AvgIpc) is 3.04. The van der Waals surface area contributed by atoms with E-state index in [9.17, 15) is 10.2 Å². The normalized spacial score (nSPS) is 51.9. The van der Waals surface area contributed by atoms with Gasteiger partial charge in [-0.05, 0) is 103 Å². The predicted molar refractivity (Wildman–Crippen MR) is 125 cm³/mol. The first-order chi connectivity index (χ1) is 14.1. The van der Waals surface area contributed by atoms with Crippen molar-refractivity contribution in [3.8, 4) is 0 Å². The third-order valence-electron chi connectivity index (χ3n) is 11.6. The maximum atomic E-state index is 10.8. The van der Waals surface area contributed by atoms with Crippen LogP contribution in [0.1, 0.15) is 106 Å². The summed E-state index contributed by atoms with van der Waals surface area (Å²) in [4.78, 5) is 0. The highest BCUT2D eigenvalue weighted by Gasteiger charge is 2.63. The molecule has 2 heteroatoms. The number of fused-ring (bicyclic) bond motifs is 5. The monoisotopic (exact) mass is 418 g/mol. The van der Waals surface area contributed by atoms with Crippen molar-refractivity contribution in [2.45, 2.75) is 118 Å². The van der Waals surface area contributed by atoms with Gasteiger partial charge in [-0.3, -0.25) is 0 Å². The summed E-state index contributed by atoms with van der Waals surface area (Å²) in [6, 6.07) is 0. The lowest BCUT2D eigenvalue weighted by atomic mass is 9.42. The van der Waals surface area contributed by atoms with Crippen molar-refractivity contribution in [1.29, 1.82) is 0 Å². The summed E-state index contributed by atoms with van der Waals surface area (Å²) in [6.45, 7) is 14.7. The highest BCUT2D eigenvalue weighted by molar-refractivity contribution is 5.12. The van der Waals surface area contributed by atoms with Crippen LogP contribution in [0.15, 0.2) is 0 Å². The molecule has 4 fully saturated rings. The quantitative estimate of drug-likeness (QED) is 0.522. The number of hydrogen-bond acceptors (Lipinski definition) is 2. The van der Waals surface area contributed by atoms with E-state index < -0.39 is 12.2 Å². The standard InChI is InChI=1S/C28H50O2/c1-17(2)8-7-9-18(3)22-12-13-23-21-11-10-20-16-25(29)26(30)19(4)28(20,6)24(21)14-15-27(22,23)5/h17-26,29-30H,7-16H2,1-6H3/t18?,19-,20?,21-,22+,23-,24-,25+,26-,27+,28-/m0/s1. The zero-order valence-electron chi connectivity index (χ0n) is 20.7. The smallest absolute Gasteiger partial charge is 0.0830 e. The second-order valence-corrected chi connectivity index (χ2v) is 13.1. The fourth-order valence-electron chi connectivity index (χ4n) is 9.71. The van der Waals surface area contributed by atoms with Gasteiger partial charge in [-0.2, -0.15) is 0 Å². The summed E-state index contributed by atoms with van der Waals surface area (Å²) in [7, 11) is 0. The number of rotatable bonds is 5. The molecule has 0 aromatic rings. The molecule has 0 saturated heterocycles. The highest BCUT2D eigenvalue weighted by atomic mass is 16.3. The first-order valence-electron chi connectivity index (χ1n) is 13.5. The van der Waals surface area contributed by atoms with Crippen molar-refractivity contribution in [3.63, 3.8) is 0 Å². The van der Waals surface area contributed by atoms with Crippen molar-refractivity contribution in [1.82, 2.24) is 0 Å². The minimum Gasteiger partial charge on any atom is -0.390 e. The number of hydrogen-bond donors (Lipinski definition) is 2. The van der Waals surface area contributed by atoms with E-state index in [4.69, 9.17) is 0 Å². The van der Waals surface area contributed by atoms with Gasteiger partial charge in [0.2, 0.25) is 0 Å². The maximum Gasteiger partial charge on any atom is 0.0830 e. The molecule has 4 aliphatic carbocycles. The molecule has 2 N–H and O–H groups in total. The Labute approximate surface area is 186 Å². The molecule has 0 bridgehead atoms. The maximum absolute atomic E-state index is 10.8. The van der Waals surface area contributed by atoms with E-state index in [0.717, 1.165) is 41.9 Å². The van der Waals surface area contributed by atoms with Gasteiger partial charge in [-0.15, -0.1) is 0 Å². The van der Waals surface area contributed by atoms with Crippen LogP contribution in [-0.4, -0.2) is 22.4 Å². The fraction of sp³-hybridized carbons (Fsp3) is 1.00. The first kappa shape index (κ1) is 23.1. The lowest BCUT2D eigenvalue weighted by Crippen LogP contribution is -2.60. The Morgan fingerprint density at radius 2 is 1.63 bits per heavy atom. The van der Waals surface area contributed by atoms with E-state index in [1.807, 2.05) is 0 Å².